The zero-order valence-electron chi connectivity index (χ0n) is 8.41. The van der Waals surface area contributed by atoms with E-state index in [0.717, 1.165) is 0 Å². The summed E-state index contributed by atoms with van der Waals surface area (Å²) in [5.41, 5.74) is 0. The monoisotopic (exact) mass is 176 g/mol. The maximum Gasteiger partial charge on any atom is -0.0352 e. The average Bonchev–Trinajstić information content (AvgIpc) is 2.35. The molecule has 0 aromatic carbocycles. The summed E-state index contributed by atoms with van der Waals surface area (Å²) in [6.07, 6.45) is 11.3. The van der Waals surface area contributed by atoms with Gasteiger partial charge in [-0.15, -0.1) is 0 Å². The molecular weight excluding hydrogens is 156 g/mol. The van der Waals surface area contributed by atoms with Crippen LogP contribution < -0.4 is 0 Å². The van der Waals surface area contributed by atoms with Crippen molar-refractivity contribution in [3.05, 3.63) is 0 Å². The van der Waals surface area contributed by atoms with E-state index in [-0.39, 0.29) is 0 Å². The van der Waals surface area contributed by atoms with Crippen molar-refractivity contribution in [2.45, 2.75) is 44.9 Å². The van der Waals surface area contributed by atoms with Crippen molar-refractivity contribution in [1.82, 2.24) is 0 Å². The minimum atomic E-state index is 1.19. The molecule has 0 spiro atoms. The fourth-order valence-electron chi connectivity index (χ4n) is 4.80. The van der Waals surface area contributed by atoms with Gasteiger partial charge in [-0.2, -0.15) is 0 Å². The van der Waals surface area contributed by atoms with E-state index in [1.807, 2.05) is 0 Å². The van der Waals surface area contributed by atoms with Gasteiger partial charge in [-0.3, -0.25) is 0 Å². The van der Waals surface area contributed by atoms with Crippen molar-refractivity contribution in [3.63, 3.8) is 0 Å². The summed E-state index contributed by atoms with van der Waals surface area (Å²) in [4.78, 5) is 0. The fourth-order valence-corrected chi connectivity index (χ4v) is 4.80. The smallest absolute Gasteiger partial charge is 0.0352 e. The minimum Gasteiger partial charge on any atom is -0.0499 e. The molecule has 0 aliphatic heterocycles. The van der Waals surface area contributed by atoms with E-state index in [0.29, 0.717) is 0 Å². The van der Waals surface area contributed by atoms with Gasteiger partial charge >= 0.3 is 0 Å². The van der Waals surface area contributed by atoms with Crippen LogP contribution in [0.1, 0.15) is 44.9 Å². The van der Waals surface area contributed by atoms with Crippen molar-refractivity contribution in [3.8, 4) is 0 Å². The highest BCUT2D eigenvalue weighted by molar-refractivity contribution is 5.03. The molecule has 72 valence electrons. The van der Waals surface area contributed by atoms with E-state index in [1.54, 1.807) is 44.9 Å². The predicted octanol–water partition coefficient (Wildman–Crippen LogP) is 3.47. The lowest BCUT2D eigenvalue weighted by atomic mass is 9.50. The molecule has 13 heavy (non-hydrogen) atoms. The highest BCUT2D eigenvalue weighted by Gasteiger charge is 2.53. The van der Waals surface area contributed by atoms with Crippen LogP contribution in [-0.4, -0.2) is 0 Å². The Morgan fingerprint density at radius 1 is 0.462 bits per heavy atom. The van der Waals surface area contributed by atoms with Gasteiger partial charge in [0.2, 0.25) is 0 Å². The van der Waals surface area contributed by atoms with Crippen LogP contribution in [0.15, 0.2) is 0 Å². The van der Waals surface area contributed by atoms with Gasteiger partial charge in [0.25, 0.3) is 0 Å². The SMILES string of the molecule is C1CC2CC(C3CC4CCC43)CC12. The van der Waals surface area contributed by atoms with E-state index >= 15 is 0 Å². The van der Waals surface area contributed by atoms with Crippen LogP contribution in [0.25, 0.3) is 0 Å². The maximum absolute atomic E-state index is 1.64. The van der Waals surface area contributed by atoms with E-state index in [9.17, 15) is 0 Å². The van der Waals surface area contributed by atoms with E-state index < -0.39 is 0 Å². The summed E-state index contributed by atoms with van der Waals surface area (Å²) in [5.74, 6) is 7.24. The highest BCUT2D eigenvalue weighted by atomic mass is 14.6. The highest BCUT2D eigenvalue weighted by Crippen LogP contribution is 2.62. The Hall–Kier alpha value is 0. The fraction of sp³-hybridized carbons (Fsp3) is 1.00. The molecule has 5 unspecified atom stereocenters. The van der Waals surface area contributed by atoms with Gasteiger partial charge in [-0.05, 0) is 80.5 Å². The van der Waals surface area contributed by atoms with Crippen LogP contribution in [0.3, 0.4) is 0 Å². The van der Waals surface area contributed by atoms with Gasteiger partial charge < -0.3 is 0 Å². The van der Waals surface area contributed by atoms with Crippen LogP contribution in [-0.2, 0) is 0 Å². The first kappa shape index (κ1) is 7.31. The Labute approximate surface area is 81.1 Å². The maximum atomic E-state index is 1.64. The number of hydrogen-bond acceptors (Lipinski definition) is 0. The number of fused-ring (bicyclic) bond motifs is 2. The summed E-state index contributed by atoms with van der Waals surface area (Å²) >= 11 is 0. The van der Waals surface area contributed by atoms with Crippen LogP contribution in [0.5, 0.6) is 0 Å². The lowest BCUT2D eigenvalue weighted by Gasteiger charge is -2.55. The summed E-state index contributed by atoms with van der Waals surface area (Å²) in [5, 5.41) is 0. The molecule has 0 amide bonds. The standard InChI is InChI=1S/C13H20/c1-2-9-6-11(5-8(1)9)13-7-10-3-4-12(10)13/h8-13H,1-7H2. The van der Waals surface area contributed by atoms with Crippen molar-refractivity contribution in [2.24, 2.45) is 35.5 Å². The summed E-state index contributed by atoms with van der Waals surface area (Å²) in [6, 6.07) is 0. The summed E-state index contributed by atoms with van der Waals surface area (Å²) in [6.45, 7) is 0. The number of rotatable bonds is 1. The Morgan fingerprint density at radius 2 is 1.15 bits per heavy atom. The molecule has 0 saturated heterocycles. The molecule has 0 aromatic heterocycles. The van der Waals surface area contributed by atoms with Gasteiger partial charge in [-0.25, -0.2) is 0 Å². The molecule has 0 heteroatoms. The van der Waals surface area contributed by atoms with Crippen molar-refractivity contribution in [2.75, 3.05) is 0 Å². The van der Waals surface area contributed by atoms with Crippen molar-refractivity contribution in [1.29, 1.82) is 0 Å². The molecule has 4 rings (SSSR count). The zero-order valence-corrected chi connectivity index (χ0v) is 8.41. The Kier molecular flexibility index (Phi) is 1.31. The first-order chi connectivity index (χ1) is 6.42. The average molecular weight is 176 g/mol. The minimum absolute atomic E-state index is 1.19. The van der Waals surface area contributed by atoms with E-state index in [1.165, 1.54) is 35.5 Å². The Bertz CT molecular complexity index is 220. The van der Waals surface area contributed by atoms with Crippen molar-refractivity contribution < 1.29 is 0 Å². The molecule has 0 N–H and O–H groups in total. The lowest BCUT2D eigenvalue weighted by molar-refractivity contribution is -0.0576. The van der Waals surface area contributed by atoms with Gasteiger partial charge in [-0.1, -0.05) is 0 Å². The van der Waals surface area contributed by atoms with Gasteiger partial charge in [0, 0.05) is 0 Å². The molecule has 4 fully saturated rings. The van der Waals surface area contributed by atoms with Gasteiger partial charge in [0.05, 0.1) is 0 Å². The normalized spacial score (nSPS) is 62.8. The number of hydrogen-bond donors (Lipinski definition) is 0. The molecule has 0 radical (unpaired) electrons. The van der Waals surface area contributed by atoms with Crippen molar-refractivity contribution >= 4 is 0 Å². The molecule has 0 bridgehead atoms. The summed E-state index contributed by atoms with van der Waals surface area (Å²) in [7, 11) is 0. The van der Waals surface area contributed by atoms with Crippen LogP contribution in [0.4, 0.5) is 0 Å². The molecule has 0 nitrogen and oxygen atoms in total. The first-order valence-electron chi connectivity index (χ1n) is 6.42. The second-order valence-electron chi connectivity index (χ2n) is 6.23. The van der Waals surface area contributed by atoms with Crippen LogP contribution in [0, 0.1) is 35.5 Å². The lowest BCUT2D eigenvalue weighted by Crippen LogP contribution is -2.47. The molecule has 4 saturated carbocycles. The molecular formula is C13H20. The Morgan fingerprint density at radius 3 is 1.54 bits per heavy atom. The Balaban J connectivity index is 1.45. The molecule has 0 heterocycles. The first-order valence-corrected chi connectivity index (χ1v) is 6.42. The predicted molar refractivity (Wildman–Crippen MR) is 53.3 cm³/mol. The van der Waals surface area contributed by atoms with E-state index in [2.05, 4.69) is 0 Å². The van der Waals surface area contributed by atoms with E-state index in [4.69, 9.17) is 0 Å². The largest absolute Gasteiger partial charge is 0.0499 e. The molecule has 5 atom stereocenters. The van der Waals surface area contributed by atoms with Gasteiger partial charge in [0.15, 0.2) is 0 Å². The van der Waals surface area contributed by atoms with Gasteiger partial charge in [0.1, 0.15) is 0 Å². The molecule has 0 aromatic rings. The molecule has 4 aliphatic rings. The third-order valence-corrected chi connectivity index (χ3v) is 5.99. The third kappa shape index (κ3) is 0.831. The quantitative estimate of drug-likeness (QED) is 0.574. The zero-order chi connectivity index (χ0) is 8.41. The molecule has 4 aliphatic carbocycles. The second-order valence-corrected chi connectivity index (χ2v) is 6.23. The summed E-state index contributed by atoms with van der Waals surface area (Å²) < 4.78 is 0. The van der Waals surface area contributed by atoms with Crippen LogP contribution >= 0.6 is 0 Å². The van der Waals surface area contributed by atoms with Crippen LogP contribution in [0.2, 0.25) is 0 Å². The topological polar surface area (TPSA) is 0 Å². The third-order valence-electron chi connectivity index (χ3n) is 5.99. The second kappa shape index (κ2) is 2.32.